The fourth-order valence-electron chi connectivity index (χ4n) is 5.71. The SMILES string of the molecule is CO[C@H]1O[C@H](CI)[C@@H](O[C@@H]2O[C@H](COC(C)=O)[C@H](OC(C)=O)[C@H](OC(C)=O)[C@H]2OC(C)=O)[C@H](OCc2ccccc2)[C@H]1OCc1ccccc1. The van der Waals surface area contributed by atoms with Crippen LogP contribution in [0.5, 0.6) is 0 Å². The Hall–Kier alpha value is -3.19. The Kier molecular flexibility index (Phi) is 15.4. The van der Waals surface area contributed by atoms with Gasteiger partial charge >= 0.3 is 23.9 Å². The van der Waals surface area contributed by atoms with Crippen molar-refractivity contribution in [3.63, 3.8) is 0 Å². The molecule has 274 valence electrons. The number of hydrogen-bond acceptors (Lipinski definition) is 14. The minimum atomic E-state index is -1.47. The van der Waals surface area contributed by atoms with E-state index in [1.54, 1.807) is 0 Å². The molecular weight excluding hydrogens is 771 g/mol. The summed E-state index contributed by atoms with van der Waals surface area (Å²) in [5.41, 5.74) is 1.78. The molecule has 2 saturated heterocycles. The van der Waals surface area contributed by atoms with E-state index in [1.807, 2.05) is 60.7 Å². The number of methoxy groups -OCH3 is 1. The summed E-state index contributed by atoms with van der Waals surface area (Å²) in [4.78, 5) is 48.9. The van der Waals surface area contributed by atoms with E-state index < -0.39 is 91.9 Å². The van der Waals surface area contributed by atoms with Gasteiger partial charge in [-0.25, -0.2) is 0 Å². The zero-order chi connectivity index (χ0) is 36.2. The highest BCUT2D eigenvalue weighted by atomic mass is 127. The van der Waals surface area contributed by atoms with Gasteiger partial charge in [-0.2, -0.15) is 0 Å². The minimum Gasteiger partial charge on any atom is -0.463 e. The monoisotopic (exact) mass is 814 g/mol. The van der Waals surface area contributed by atoms with E-state index in [4.69, 9.17) is 47.4 Å². The number of benzene rings is 2. The van der Waals surface area contributed by atoms with Crippen LogP contribution in [-0.2, 0) is 79.8 Å². The summed E-state index contributed by atoms with van der Waals surface area (Å²) < 4.78 is 60.4. The highest BCUT2D eigenvalue weighted by molar-refractivity contribution is 14.1. The van der Waals surface area contributed by atoms with Crippen molar-refractivity contribution in [2.45, 2.75) is 102 Å². The second-order valence-corrected chi connectivity index (χ2v) is 12.5. The van der Waals surface area contributed by atoms with E-state index in [9.17, 15) is 19.2 Å². The fourth-order valence-corrected chi connectivity index (χ4v) is 6.42. The molecule has 0 radical (unpaired) electrons. The molecule has 10 atom stereocenters. The smallest absolute Gasteiger partial charge is 0.303 e. The molecule has 50 heavy (non-hydrogen) atoms. The van der Waals surface area contributed by atoms with E-state index in [2.05, 4.69) is 22.6 Å². The first-order valence-corrected chi connectivity index (χ1v) is 17.5. The van der Waals surface area contributed by atoms with Gasteiger partial charge in [0.2, 0.25) is 0 Å². The highest BCUT2D eigenvalue weighted by Crippen LogP contribution is 2.36. The van der Waals surface area contributed by atoms with E-state index >= 15 is 0 Å². The molecular formula is C35H43IO14. The highest BCUT2D eigenvalue weighted by Gasteiger charge is 2.56. The molecule has 0 N–H and O–H groups in total. The third-order valence-corrected chi connectivity index (χ3v) is 8.65. The number of hydrogen-bond donors (Lipinski definition) is 0. The lowest BCUT2D eigenvalue weighted by Gasteiger charge is -2.49. The largest absolute Gasteiger partial charge is 0.463 e. The number of carbonyl (C=O) groups is 4. The topological polar surface area (TPSA) is 161 Å². The van der Waals surface area contributed by atoms with Crippen molar-refractivity contribution in [3.8, 4) is 0 Å². The first-order chi connectivity index (χ1) is 24.0. The molecule has 2 aromatic carbocycles. The van der Waals surface area contributed by atoms with Crippen LogP contribution in [0.1, 0.15) is 38.8 Å². The van der Waals surface area contributed by atoms with Gasteiger partial charge in [0.1, 0.15) is 31.0 Å². The summed E-state index contributed by atoms with van der Waals surface area (Å²) >= 11 is 2.15. The zero-order valence-corrected chi connectivity index (χ0v) is 30.6. The van der Waals surface area contributed by atoms with Crippen molar-refractivity contribution in [1.29, 1.82) is 0 Å². The van der Waals surface area contributed by atoms with Gasteiger partial charge in [0.05, 0.1) is 19.3 Å². The van der Waals surface area contributed by atoms with Crippen LogP contribution in [0, 0.1) is 0 Å². The van der Waals surface area contributed by atoms with Crippen molar-refractivity contribution < 1.29 is 66.5 Å². The van der Waals surface area contributed by atoms with Gasteiger partial charge in [-0.3, -0.25) is 19.2 Å². The quantitative estimate of drug-likeness (QED) is 0.111. The maximum absolute atomic E-state index is 12.5. The van der Waals surface area contributed by atoms with Gasteiger partial charge in [-0.15, -0.1) is 0 Å². The Morgan fingerprint density at radius 3 is 1.60 bits per heavy atom. The number of carbonyl (C=O) groups excluding carboxylic acids is 4. The lowest BCUT2D eigenvalue weighted by atomic mass is 9.96. The normalized spacial score (nSPS) is 29.4. The standard InChI is InChI=1S/C35H43IO14/c1-20(37)42-19-27-29(45-21(2)38)31(46-22(3)39)33(47-23(4)40)35(49-27)50-28-26(16-36)48-34(41-5)32(44-18-25-14-10-7-11-15-25)30(28)43-17-24-12-8-6-9-13-24/h6-15,26-35H,16-19H2,1-5H3/t26-,27-,28-,29+,30+,31+,32-,33-,34+,35+/m1/s1. The Morgan fingerprint density at radius 2 is 1.10 bits per heavy atom. The van der Waals surface area contributed by atoms with Gasteiger partial charge in [0, 0.05) is 39.2 Å². The third-order valence-electron chi connectivity index (χ3n) is 7.79. The summed E-state index contributed by atoms with van der Waals surface area (Å²) in [6.45, 7) is 4.61. The lowest BCUT2D eigenvalue weighted by molar-refractivity contribution is -0.361. The van der Waals surface area contributed by atoms with Gasteiger partial charge in [0.15, 0.2) is 30.9 Å². The second-order valence-electron chi connectivity index (χ2n) is 11.6. The molecule has 0 saturated carbocycles. The maximum Gasteiger partial charge on any atom is 0.303 e. The van der Waals surface area contributed by atoms with Gasteiger partial charge < -0.3 is 47.4 Å². The van der Waals surface area contributed by atoms with E-state index in [-0.39, 0.29) is 13.2 Å². The summed E-state index contributed by atoms with van der Waals surface area (Å²) in [7, 11) is 1.50. The van der Waals surface area contributed by atoms with Crippen LogP contribution in [0.4, 0.5) is 0 Å². The predicted octanol–water partition coefficient (Wildman–Crippen LogP) is 3.43. The van der Waals surface area contributed by atoms with Crippen molar-refractivity contribution in [2.75, 3.05) is 18.1 Å². The van der Waals surface area contributed by atoms with Crippen LogP contribution in [-0.4, -0.2) is 103 Å². The second kappa shape index (κ2) is 19.4. The molecule has 0 unspecified atom stereocenters. The first kappa shape index (κ1) is 39.6. The number of halogens is 1. The third kappa shape index (κ3) is 11.2. The number of ether oxygens (including phenoxy) is 10. The Balaban J connectivity index is 1.75. The molecule has 14 nitrogen and oxygen atoms in total. The Morgan fingerprint density at radius 1 is 0.600 bits per heavy atom. The van der Waals surface area contributed by atoms with Crippen LogP contribution in [0.2, 0.25) is 0 Å². The molecule has 4 rings (SSSR count). The Bertz CT molecular complexity index is 1390. The lowest BCUT2D eigenvalue weighted by Crippen LogP contribution is -2.66. The molecule has 0 spiro atoms. The number of esters is 4. The zero-order valence-electron chi connectivity index (χ0n) is 28.5. The van der Waals surface area contributed by atoms with Gasteiger partial charge in [-0.05, 0) is 11.1 Å². The predicted molar refractivity (Wildman–Crippen MR) is 181 cm³/mol. The molecule has 15 heteroatoms. The molecule has 0 aliphatic carbocycles. The molecule has 0 aromatic heterocycles. The van der Waals surface area contributed by atoms with E-state index in [0.29, 0.717) is 4.43 Å². The van der Waals surface area contributed by atoms with Crippen LogP contribution < -0.4 is 0 Å². The molecule has 0 bridgehead atoms. The van der Waals surface area contributed by atoms with Gasteiger partial charge in [0.25, 0.3) is 0 Å². The van der Waals surface area contributed by atoms with E-state index in [1.165, 1.54) is 14.0 Å². The van der Waals surface area contributed by atoms with Crippen molar-refractivity contribution in [2.24, 2.45) is 0 Å². The molecule has 2 aliphatic heterocycles. The van der Waals surface area contributed by atoms with Gasteiger partial charge in [-0.1, -0.05) is 83.3 Å². The van der Waals surface area contributed by atoms with Crippen molar-refractivity contribution in [3.05, 3.63) is 71.8 Å². The summed E-state index contributed by atoms with van der Waals surface area (Å²) in [5, 5.41) is 0. The molecule has 2 aliphatic rings. The molecule has 2 fully saturated rings. The summed E-state index contributed by atoms with van der Waals surface area (Å²) in [5.74, 6) is -2.89. The molecule has 2 heterocycles. The average Bonchev–Trinajstić information content (AvgIpc) is 3.08. The maximum atomic E-state index is 12.5. The van der Waals surface area contributed by atoms with Crippen LogP contribution in [0.25, 0.3) is 0 Å². The van der Waals surface area contributed by atoms with Crippen LogP contribution in [0.15, 0.2) is 60.7 Å². The molecule has 0 amide bonds. The molecule has 2 aromatic rings. The van der Waals surface area contributed by atoms with Crippen molar-refractivity contribution in [1.82, 2.24) is 0 Å². The minimum absolute atomic E-state index is 0.166. The summed E-state index contributed by atoms with van der Waals surface area (Å²) in [6, 6.07) is 19.1. The number of alkyl halides is 1. The fraction of sp³-hybridized carbons (Fsp3) is 0.543. The van der Waals surface area contributed by atoms with E-state index in [0.717, 1.165) is 31.9 Å². The Labute approximate surface area is 304 Å². The average molecular weight is 815 g/mol. The summed E-state index contributed by atoms with van der Waals surface area (Å²) in [6.07, 6.45) is -11.1. The van der Waals surface area contributed by atoms with Crippen molar-refractivity contribution >= 4 is 46.5 Å². The number of rotatable bonds is 15. The first-order valence-electron chi connectivity index (χ1n) is 16.0. The van der Waals surface area contributed by atoms with Crippen LogP contribution in [0.3, 0.4) is 0 Å². The van der Waals surface area contributed by atoms with Crippen LogP contribution >= 0.6 is 22.6 Å².